The summed E-state index contributed by atoms with van der Waals surface area (Å²) in [5.74, 6) is -0.188. The third-order valence-corrected chi connectivity index (χ3v) is 2.91. The van der Waals surface area contributed by atoms with Gasteiger partial charge in [0.05, 0.1) is 0 Å². The second-order valence-electron chi connectivity index (χ2n) is 1.65. The molecular weight excluding hydrogens is 222 g/mol. The molecule has 0 aliphatic carbocycles. The Labute approximate surface area is 63.0 Å². The number of hydrogen-bond donors (Lipinski definition) is 0. The summed E-state index contributed by atoms with van der Waals surface area (Å²) in [5.41, 5.74) is 0. The molecule has 0 aliphatic heterocycles. The number of rotatable bonds is 0. The van der Waals surface area contributed by atoms with E-state index in [1.807, 2.05) is 0 Å². The first kappa shape index (κ1) is 6.84. The zero-order valence-corrected chi connectivity index (χ0v) is 7.62. The molecule has 0 heterocycles. The fraction of sp³-hybridized carbons (Fsp3) is 0. The Hall–Kier alpha value is -0.271. The van der Waals surface area contributed by atoms with Crippen molar-refractivity contribution in [1.29, 1.82) is 0 Å². The molecule has 0 nitrogen and oxygen atoms in total. The summed E-state index contributed by atoms with van der Waals surface area (Å²) in [5, 5.41) is 0. The monoisotopic (exact) mass is 228 g/mol. The molecule has 1 aromatic rings. The molecule has 0 saturated heterocycles. The first-order valence-electron chi connectivity index (χ1n) is 2.55. The van der Waals surface area contributed by atoms with E-state index in [0.717, 1.165) is 3.58 Å². The van der Waals surface area contributed by atoms with Crippen LogP contribution in [0.25, 0.3) is 0 Å². The Morgan fingerprint density at radius 1 is 1.22 bits per heavy atom. The average Bonchev–Trinajstić information content (AvgIpc) is 1.90. The Morgan fingerprint density at radius 2 is 1.78 bits per heavy atom. The maximum absolute atomic E-state index is 12.2. The van der Waals surface area contributed by atoms with Gasteiger partial charge in [-0.2, -0.15) is 0 Å². The van der Waals surface area contributed by atoms with Crippen LogP contribution in [0.15, 0.2) is 24.3 Å². The van der Waals surface area contributed by atoms with Gasteiger partial charge < -0.3 is 0 Å². The van der Waals surface area contributed by atoms with E-state index >= 15 is 0 Å². The van der Waals surface area contributed by atoms with E-state index in [0.29, 0.717) is 0 Å². The third kappa shape index (κ3) is 1.84. The predicted molar refractivity (Wildman–Crippen MR) is 36.7 cm³/mol. The first-order chi connectivity index (χ1) is 4.33. The van der Waals surface area contributed by atoms with Gasteiger partial charge in [-0.3, -0.25) is 0 Å². The van der Waals surface area contributed by atoms with Crippen molar-refractivity contribution in [3.63, 3.8) is 0 Å². The van der Waals surface area contributed by atoms with Crippen LogP contribution in [0.5, 0.6) is 0 Å². The van der Waals surface area contributed by atoms with Crippen LogP contribution in [-0.4, -0.2) is 20.5 Å². The molecule has 0 N–H and O–H groups in total. The molecule has 0 amide bonds. The molecule has 0 atom stereocenters. The summed E-state index contributed by atoms with van der Waals surface area (Å²) in [4.78, 5) is 0. The zero-order valence-electron chi connectivity index (χ0n) is 4.76. The minimum atomic E-state index is -0.830. The molecule has 2 heteroatoms. The van der Waals surface area contributed by atoms with Gasteiger partial charge in [0.25, 0.3) is 0 Å². The summed E-state index contributed by atoms with van der Waals surface area (Å²) < 4.78 is 18.8. The van der Waals surface area contributed by atoms with E-state index in [1.54, 1.807) is 12.1 Å². The van der Waals surface area contributed by atoms with Gasteiger partial charge in [-0.15, -0.1) is 0 Å². The van der Waals surface area contributed by atoms with Crippen LogP contribution in [0.4, 0.5) is 4.39 Å². The van der Waals surface area contributed by atoms with Gasteiger partial charge >= 0.3 is 62.8 Å². The maximum atomic E-state index is 12.2. The minimum absolute atomic E-state index is 0.188. The number of hydrogen-bond acceptors (Lipinski definition) is 0. The summed E-state index contributed by atoms with van der Waals surface area (Å²) in [6, 6.07) is 6.40. The molecule has 1 rings (SSSR count). The molecule has 0 aromatic heterocycles. The van der Waals surface area contributed by atoms with Crippen molar-refractivity contribution >= 4 is 24.0 Å². The second-order valence-corrected chi connectivity index (χ2v) is 4.12. The van der Waals surface area contributed by atoms with Gasteiger partial charge in [-0.05, 0) is 0 Å². The van der Waals surface area contributed by atoms with Crippen LogP contribution in [0.3, 0.4) is 0 Å². The van der Waals surface area contributed by atoms with Crippen molar-refractivity contribution in [1.82, 2.24) is 0 Å². The van der Waals surface area contributed by atoms with E-state index < -0.39 is 20.5 Å². The quantitative estimate of drug-likeness (QED) is 0.573. The molecule has 9 heavy (non-hydrogen) atoms. The Kier molecular flexibility index (Phi) is 2.31. The van der Waals surface area contributed by atoms with Gasteiger partial charge in [0, 0.05) is 0 Å². The van der Waals surface area contributed by atoms with Gasteiger partial charge in [0.1, 0.15) is 0 Å². The van der Waals surface area contributed by atoms with Crippen LogP contribution in [-0.2, 0) is 0 Å². The predicted octanol–water partition coefficient (Wildman–Crippen LogP) is 0.744. The van der Waals surface area contributed by atoms with Crippen molar-refractivity contribution in [2.45, 2.75) is 0 Å². The van der Waals surface area contributed by atoms with Crippen molar-refractivity contribution in [3.05, 3.63) is 30.1 Å². The summed E-state index contributed by atoms with van der Waals surface area (Å²) in [6.07, 6.45) is 0. The standard InChI is InChI=1S/C6H4F.CH.Sn/c7-6-4-2-1-3-5-6;;/h2-5H;1H;. The summed E-state index contributed by atoms with van der Waals surface area (Å²) >= 11 is -0.830. The van der Waals surface area contributed by atoms with Crippen molar-refractivity contribution < 1.29 is 4.39 Å². The molecule has 0 aliphatic rings. The third-order valence-electron chi connectivity index (χ3n) is 1.01. The summed E-state index contributed by atoms with van der Waals surface area (Å²) in [7, 11) is 0. The van der Waals surface area contributed by atoms with Crippen molar-refractivity contribution in [2.75, 3.05) is 0 Å². The van der Waals surface area contributed by atoms with Gasteiger partial charge in [-0.25, -0.2) is 0 Å². The SMILES string of the molecule is [CH]#[Sn][c]1ccc(F)cc1. The molecular formula is C7H5FSn. The molecule has 1 aromatic carbocycles. The molecule has 0 bridgehead atoms. The molecule has 0 saturated carbocycles. The molecule has 0 unspecified atom stereocenters. The topological polar surface area (TPSA) is 0 Å². The van der Waals surface area contributed by atoms with E-state index in [2.05, 4.69) is 0 Å². The normalized spacial score (nSPS) is 8.44. The van der Waals surface area contributed by atoms with Gasteiger partial charge in [0.2, 0.25) is 0 Å². The van der Waals surface area contributed by atoms with E-state index in [-0.39, 0.29) is 5.82 Å². The van der Waals surface area contributed by atoms with E-state index in [4.69, 9.17) is 4.32 Å². The van der Waals surface area contributed by atoms with E-state index in [9.17, 15) is 4.39 Å². The molecule has 0 spiro atoms. The fourth-order valence-corrected chi connectivity index (χ4v) is 1.57. The Balaban J connectivity index is 3.06. The molecule has 44 valence electrons. The van der Waals surface area contributed by atoms with Crippen LogP contribution in [0.2, 0.25) is 0 Å². The zero-order chi connectivity index (χ0) is 6.69. The van der Waals surface area contributed by atoms with Gasteiger partial charge in [-0.1, -0.05) is 0 Å². The first-order valence-corrected chi connectivity index (χ1v) is 5.62. The van der Waals surface area contributed by atoms with E-state index in [1.165, 1.54) is 12.1 Å². The second kappa shape index (κ2) is 3.04. The fourth-order valence-electron chi connectivity index (χ4n) is 0.546. The number of benzene rings is 1. The van der Waals surface area contributed by atoms with Crippen molar-refractivity contribution in [2.24, 2.45) is 0 Å². The van der Waals surface area contributed by atoms with Crippen LogP contribution in [0.1, 0.15) is 0 Å². The molecule has 0 fully saturated rings. The van der Waals surface area contributed by atoms with Crippen LogP contribution >= 0.6 is 0 Å². The Bertz CT molecular complexity index is 232. The average molecular weight is 227 g/mol. The van der Waals surface area contributed by atoms with Gasteiger partial charge in [0.15, 0.2) is 0 Å². The van der Waals surface area contributed by atoms with Crippen LogP contribution < -0.4 is 3.58 Å². The number of halogens is 1. The van der Waals surface area contributed by atoms with Crippen molar-refractivity contribution in [3.8, 4) is 4.32 Å². The molecule has 0 radical (unpaired) electrons. The summed E-state index contributed by atoms with van der Waals surface area (Å²) in [6.45, 7) is 0. The Morgan fingerprint density at radius 3 is 2.22 bits per heavy atom. The van der Waals surface area contributed by atoms with Crippen LogP contribution in [0, 0.1) is 10.1 Å².